The quantitative estimate of drug-likeness (QED) is 0.701. The van der Waals surface area contributed by atoms with Crippen LogP contribution in [-0.2, 0) is 12.8 Å². The Hall–Kier alpha value is -2.10. The van der Waals surface area contributed by atoms with Crippen LogP contribution in [-0.4, -0.2) is 5.79 Å². The third-order valence-electron chi connectivity index (χ3n) is 5.80. The van der Waals surface area contributed by atoms with Gasteiger partial charge in [-0.2, -0.15) is 0 Å². The van der Waals surface area contributed by atoms with Crippen molar-refractivity contribution in [1.82, 2.24) is 0 Å². The molecule has 0 saturated heterocycles. The van der Waals surface area contributed by atoms with Gasteiger partial charge in [-0.15, -0.1) is 0 Å². The maximum atomic E-state index is 14.3. The van der Waals surface area contributed by atoms with Crippen molar-refractivity contribution in [2.45, 2.75) is 37.9 Å². The maximum Gasteiger partial charge on any atom is 0.257 e. The molecule has 124 valence electrons. The number of fused-ring (bicyclic) bond motifs is 2. The number of hydrogen-bond donors (Lipinski definition) is 0. The molecule has 2 heterocycles. The van der Waals surface area contributed by atoms with Crippen LogP contribution in [0.25, 0.3) is 0 Å². The van der Waals surface area contributed by atoms with Gasteiger partial charge in [-0.3, -0.25) is 0 Å². The lowest BCUT2D eigenvalue weighted by Crippen LogP contribution is -2.61. The van der Waals surface area contributed by atoms with E-state index in [0.717, 1.165) is 30.4 Å². The number of rotatable bonds is 0. The molecule has 1 aliphatic carbocycles. The molecule has 0 unspecified atom stereocenters. The van der Waals surface area contributed by atoms with E-state index < -0.39 is 5.79 Å². The molecule has 0 N–H and O–H groups in total. The molecule has 0 amide bonds. The Morgan fingerprint density at radius 3 is 1.79 bits per heavy atom. The summed E-state index contributed by atoms with van der Waals surface area (Å²) in [6.45, 7) is 0. The maximum absolute atomic E-state index is 14.3. The van der Waals surface area contributed by atoms with Crippen LogP contribution in [0.15, 0.2) is 36.4 Å². The minimum Gasteiger partial charge on any atom is -0.448 e. The lowest BCUT2D eigenvalue weighted by atomic mass is 9.68. The third kappa shape index (κ3) is 1.86. The summed E-state index contributed by atoms with van der Waals surface area (Å²) < 4.78 is 41.0. The van der Waals surface area contributed by atoms with Crippen molar-refractivity contribution < 1.29 is 18.3 Å². The average Bonchev–Trinajstić information content (AvgIpc) is 2.58. The SMILES string of the molecule is Fc1cccc2c1OC13Oc4c(F)cccc4C[C@H]1CCC[C@@H]3C2. The van der Waals surface area contributed by atoms with Crippen LogP contribution in [0.5, 0.6) is 11.5 Å². The van der Waals surface area contributed by atoms with Gasteiger partial charge in [-0.1, -0.05) is 30.7 Å². The molecular weight excluding hydrogens is 310 g/mol. The lowest BCUT2D eigenvalue weighted by Gasteiger charge is -2.53. The van der Waals surface area contributed by atoms with Crippen molar-refractivity contribution in [1.29, 1.82) is 0 Å². The average molecular weight is 328 g/mol. The summed E-state index contributed by atoms with van der Waals surface area (Å²) in [5.74, 6) is -0.875. The Bertz CT molecular complexity index is 750. The molecule has 1 fully saturated rings. The second-order valence-corrected chi connectivity index (χ2v) is 7.11. The van der Waals surface area contributed by atoms with Crippen molar-refractivity contribution in [3.05, 3.63) is 59.2 Å². The first-order valence-electron chi connectivity index (χ1n) is 8.60. The van der Waals surface area contributed by atoms with E-state index in [9.17, 15) is 8.78 Å². The lowest BCUT2D eigenvalue weighted by molar-refractivity contribution is -0.228. The summed E-state index contributed by atoms with van der Waals surface area (Å²) in [5, 5.41) is 0. The zero-order valence-electron chi connectivity index (χ0n) is 13.2. The van der Waals surface area contributed by atoms with Gasteiger partial charge in [0.1, 0.15) is 0 Å². The minimum absolute atomic E-state index is 0.123. The van der Waals surface area contributed by atoms with Crippen molar-refractivity contribution in [3.63, 3.8) is 0 Å². The highest BCUT2D eigenvalue weighted by atomic mass is 19.1. The molecule has 2 aliphatic heterocycles. The first-order valence-corrected chi connectivity index (χ1v) is 8.60. The molecule has 0 radical (unpaired) electrons. The van der Waals surface area contributed by atoms with E-state index in [0.29, 0.717) is 12.8 Å². The molecule has 24 heavy (non-hydrogen) atoms. The van der Waals surface area contributed by atoms with Crippen molar-refractivity contribution in [2.75, 3.05) is 0 Å². The van der Waals surface area contributed by atoms with Gasteiger partial charge < -0.3 is 9.47 Å². The predicted octanol–water partition coefficient (Wildman–Crippen LogP) is 4.65. The first-order chi connectivity index (χ1) is 11.7. The van der Waals surface area contributed by atoms with E-state index >= 15 is 0 Å². The topological polar surface area (TPSA) is 18.5 Å². The Balaban J connectivity index is 1.65. The third-order valence-corrected chi connectivity index (χ3v) is 5.80. The van der Waals surface area contributed by atoms with Crippen LogP contribution in [0.3, 0.4) is 0 Å². The van der Waals surface area contributed by atoms with Gasteiger partial charge in [0.2, 0.25) is 0 Å². The molecule has 2 aromatic carbocycles. The Kier molecular flexibility index (Phi) is 2.94. The van der Waals surface area contributed by atoms with Gasteiger partial charge in [-0.25, -0.2) is 8.78 Å². The van der Waals surface area contributed by atoms with Crippen molar-refractivity contribution in [2.24, 2.45) is 11.8 Å². The summed E-state index contributed by atoms with van der Waals surface area (Å²) in [6, 6.07) is 10.1. The van der Waals surface area contributed by atoms with E-state index in [4.69, 9.17) is 9.47 Å². The van der Waals surface area contributed by atoms with Gasteiger partial charge in [0.15, 0.2) is 23.1 Å². The first kappa shape index (κ1) is 14.3. The molecular formula is C20H18F2O2. The highest BCUT2D eigenvalue weighted by Crippen LogP contribution is 2.53. The molecule has 1 saturated carbocycles. The van der Waals surface area contributed by atoms with E-state index in [2.05, 4.69) is 0 Å². The Morgan fingerprint density at radius 2 is 1.29 bits per heavy atom. The molecule has 0 bridgehead atoms. The van der Waals surface area contributed by atoms with Gasteiger partial charge >= 0.3 is 0 Å². The summed E-state index contributed by atoms with van der Waals surface area (Å²) in [5.41, 5.74) is 1.77. The van der Waals surface area contributed by atoms with Crippen LogP contribution in [0.1, 0.15) is 30.4 Å². The molecule has 2 nitrogen and oxygen atoms in total. The molecule has 1 spiro atoms. The summed E-state index contributed by atoms with van der Waals surface area (Å²) >= 11 is 0. The minimum atomic E-state index is -0.942. The Labute approximate surface area is 139 Å². The molecule has 4 heteroatoms. The standard InChI is InChI=1S/C20H18F2O2/c21-16-8-1-4-12-10-14-6-3-7-15-11-13-5-2-9-17(22)19(13)24-20(14,15)23-18(12)16/h1-2,4-5,8-9,14-15H,3,6-7,10-11H2/t14-,15-,20?/m1/s1. The second kappa shape index (κ2) is 4.95. The number of ether oxygens (including phenoxy) is 2. The highest BCUT2D eigenvalue weighted by molar-refractivity contribution is 5.42. The highest BCUT2D eigenvalue weighted by Gasteiger charge is 2.57. The number of hydrogen-bond acceptors (Lipinski definition) is 2. The zero-order valence-corrected chi connectivity index (χ0v) is 13.2. The van der Waals surface area contributed by atoms with Crippen LogP contribution in [0.2, 0.25) is 0 Å². The van der Waals surface area contributed by atoms with E-state index in [1.807, 2.05) is 12.1 Å². The molecule has 5 rings (SSSR count). The molecule has 2 atom stereocenters. The van der Waals surface area contributed by atoms with E-state index in [-0.39, 0.29) is 35.0 Å². The van der Waals surface area contributed by atoms with Gasteiger partial charge in [0.05, 0.1) is 0 Å². The van der Waals surface area contributed by atoms with E-state index in [1.54, 1.807) is 12.1 Å². The van der Waals surface area contributed by atoms with Crippen LogP contribution in [0, 0.1) is 23.5 Å². The fraction of sp³-hybridized carbons (Fsp3) is 0.400. The monoisotopic (exact) mass is 328 g/mol. The molecule has 2 aromatic rings. The van der Waals surface area contributed by atoms with Crippen molar-refractivity contribution in [3.8, 4) is 11.5 Å². The molecule has 3 aliphatic rings. The van der Waals surface area contributed by atoms with Crippen LogP contribution < -0.4 is 9.47 Å². The fourth-order valence-electron chi connectivity index (χ4n) is 4.70. The summed E-state index contributed by atoms with van der Waals surface area (Å²) in [7, 11) is 0. The van der Waals surface area contributed by atoms with E-state index in [1.165, 1.54) is 12.1 Å². The zero-order chi connectivity index (χ0) is 16.3. The number of benzene rings is 2. The number of halogens is 2. The largest absolute Gasteiger partial charge is 0.448 e. The van der Waals surface area contributed by atoms with Crippen LogP contribution >= 0.6 is 0 Å². The fourth-order valence-corrected chi connectivity index (χ4v) is 4.70. The van der Waals surface area contributed by atoms with Gasteiger partial charge in [0.25, 0.3) is 5.79 Å². The second-order valence-electron chi connectivity index (χ2n) is 7.11. The number of para-hydroxylation sites is 2. The predicted molar refractivity (Wildman–Crippen MR) is 85.0 cm³/mol. The van der Waals surface area contributed by atoms with Crippen molar-refractivity contribution >= 4 is 0 Å². The summed E-state index contributed by atoms with van der Waals surface area (Å²) in [4.78, 5) is 0. The van der Waals surface area contributed by atoms with Gasteiger partial charge in [0, 0.05) is 11.8 Å². The summed E-state index contributed by atoms with van der Waals surface area (Å²) in [6.07, 6.45) is 4.44. The van der Waals surface area contributed by atoms with Gasteiger partial charge in [-0.05, 0) is 48.9 Å². The Morgan fingerprint density at radius 1 is 0.792 bits per heavy atom. The molecule has 0 aromatic heterocycles. The normalized spacial score (nSPS) is 30.1. The smallest absolute Gasteiger partial charge is 0.257 e. The van der Waals surface area contributed by atoms with Crippen LogP contribution in [0.4, 0.5) is 8.78 Å².